The maximum atomic E-state index is 12.8. The van der Waals surface area contributed by atoms with E-state index in [4.69, 9.17) is 15.9 Å². The Labute approximate surface area is 200 Å². The first-order chi connectivity index (χ1) is 16.0. The molecule has 8 N–H and O–H groups in total. The standard InChI is InChI=1S/C21H30N4O8S/c1-34-9-8-16(20(32)23-11-18(29)30)25-21(33)15(6-7-17(27)28)24-19(31)14(22)10-12-2-4-13(26)5-3-12/h2-5,14-16,26H,6-11,22H2,1H3,(H,23,32)(H,24,31)(H,25,33)(H,27,28)(H,29,30). The Morgan fingerprint density at radius 2 is 1.50 bits per heavy atom. The van der Waals surface area contributed by atoms with Crippen molar-refractivity contribution in [1.82, 2.24) is 16.0 Å². The van der Waals surface area contributed by atoms with Crippen LogP contribution in [0.15, 0.2) is 24.3 Å². The van der Waals surface area contributed by atoms with E-state index in [1.807, 2.05) is 0 Å². The average molecular weight is 499 g/mol. The zero-order chi connectivity index (χ0) is 25.7. The lowest BCUT2D eigenvalue weighted by Gasteiger charge is -2.24. The Hall–Kier alpha value is -3.32. The van der Waals surface area contributed by atoms with Crippen LogP contribution in [0.25, 0.3) is 0 Å². The van der Waals surface area contributed by atoms with Crippen molar-refractivity contribution in [3.8, 4) is 5.75 Å². The fourth-order valence-electron chi connectivity index (χ4n) is 2.86. The Balaban J connectivity index is 2.88. The Morgan fingerprint density at radius 3 is 2.06 bits per heavy atom. The number of aromatic hydroxyl groups is 1. The van der Waals surface area contributed by atoms with Crippen molar-refractivity contribution in [1.29, 1.82) is 0 Å². The largest absolute Gasteiger partial charge is 0.508 e. The van der Waals surface area contributed by atoms with Crippen molar-refractivity contribution in [3.63, 3.8) is 0 Å². The fourth-order valence-corrected chi connectivity index (χ4v) is 3.33. The summed E-state index contributed by atoms with van der Waals surface area (Å²) in [5, 5.41) is 34.2. The van der Waals surface area contributed by atoms with Crippen molar-refractivity contribution < 1.29 is 39.3 Å². The Morgan fingerprint density at radius 1 is 0.912 bits per heavy atom. The fraction of sp³-hybridized carbons (Fsp3) is 0.476. The van der Waals surface area contributed by atoms with Crippen LogP contribution in [-0.4, -0.2) is 81.7 Å². The number of thioether (sulfide) groups is 1. The van der Waals surface area contributed by atoms with E-state index in [0.29, 0.717) is 11.3 Å². The second-order valence-corrected chi connectivity index (χ2v) is 8.41. The molecule has 0 saturated heterocycles. The number of rotatable bonds is 15. The van der Waals surface area contributed by atoms with Crippen LogP contribution in [0.5, 0.6) is 5.75 Å². The molecule has 0 radical (unpaired) electrons. The van der Waals surface area contributed by atoms with Gasteiger partial charge in [0.25, 0.3) is 0 Å². The molecule has 3 unspecified atom stereocenters. The minimum atomic E-state index is -1.28. The van der Waals surface area contributed by atoms with E-state index in [0.717, 1.165) is 0 Å². The van der Waals surface area contributed by atoms with Gasteiger partial charge in [0.05, 0.1) is 6.04 Å². The number of phenolic OH excluding ortho intramolecular Hbond substituents is 1. The zero-order valence-electron chi connectivity index (χ0n) is 18.7. The van der Waals surface area contributed by atoms with Gasteiger partial charge in [0.15, 0.2) is 0 Å². The number of carboxylic acid groups (broad SMARTS) is 2. The number of carbonyl (C=O) groups is 5. The van der Waals surface area contributed by atoms with Crippen LogP contribution in [0, 0.1) is 0 Å². The molecule has 0 aliphatic heterocycles. The average Bonchev–Trinajstić information content (AvgIpc) is 2.78. The van der Waals surface area contributed by atoms with Crippen LogP contribution in [-0.2, 0) is 30.4 Å². The van der Waals surface area contributed by atoms with E-state index in [-0.39, 0.29) is 25.0 Å². The van der Waals surface area contributed by atoms with Crippen molar-refractivity contribution in [2.75, 3.05) is 18.6 Å². The van der Waals surface area contributed by atoms with E-state index in [2.05, 4.69) is 16.0 Å². The molecule has 0 aliphatic carbocycles. The molecule has 12 nitrogen and oxygen atoms in total. The van der Waals surface area contributed by atoms with Crippen LogP contribution in [0.4, 0.5) is 0 Å². The van der Waals surface area contributed by atoms with Crippen molar-refractivity contribution in [3.05, 3.63) is 29.8 Å². The highest BCUT2D eigenvalue weighted by molar-refractivity contribution is 7.98. The maximum Gasteiger partial charge on any atom is 0.322 e. The monoisotopic (exact) mass is 498 g/mol. The Kier molecular flexibility index (Phi) is 12.5. The lowest BCUT2D eigenvalue weighted by Crippen LogP contribution is -2.56. The highest BCUT2D eigenvalue weighted by Crippen LogP contribution is 2.11. The SMILES string of the molecule is CSCCC(NC(=O)C(CCC(=O)O)NC(=O)C(N)Cc1ccc(O)cc1)C(=O)NCC(=O)O. The number of amides is 3. The molecule has 1 rings (SSSR count). The molecule has 188 valence electrons. The van der Waals surface area contributed by atoms with E-state index < -0.39 is 60.8 Å². The van der Waals surface area contributed by atoms with Gasteiger partial charge in [-0.15, -0.1) is 0 Å². The normalized spacial score (nSPS) is 13.2. The molecule has 3 atom stereocenters. The van der Waals surface area contributed by atoms with Gasteiger partial charge in [0.2, 0.25) is 17.7 Å². The van der Waals surface area contributed by atoms with E-state index in [1.54, 1.807) is 18.4 Å². The first-order valence-corrected chi connectivity index (χ1v) is 11.8. The molecule has 1 aromatic carbocycles. The van der Waals surface area contributed by atoms with Gasteiger partial charge < -0.3 is 37.0 Å². The van der Waals surface area contributed by atoms with Crippen LogP contribution in [0.3, 0.4) is 0 Å². The Bertz CT molecular complexity index is 865. The minimum absolute atomic E-state index is 0.0515. The summed E-state index contributed by atoms with van der Waals surface area (Å²) in [5.74, 6) is -4.10. The summed E-state index contributed by atoms with van der Waals surface area (Å²) in [4.78, 5) is 59.5. The molecule has 0 fully saturated rings. The van der Waals surface area contributed by atoms with Crippen LogP contribution >= 0.6 is 11.8 Å². The number of hydrogen-bond donors (Lipinski definition) is 7. The third kappa shape index (κ3) is 11.0. The number of nitrogens with one attached hydrogen (secondary N) is 3. The highest BCUT2D eigenvalue weighted by atomic mass is 32.2. The third-order valence-corrected chi connectivity index (χ3v) is 5.31. The molecule has 1 aromatic rings. The zero-order valence-corrected chi connectivity index (χ0v) is 19.5. The summed E-state index contributed by atoms with van der Waals surface area (Å²) in [5.41, 5.74) is 6.60. The molecule has 0 aliphatic rings. The lowest BCUT2D eigenvalue weighted by molar-refractivity contribution is -0.138. The van der Waals surface area contributed by atoms with E-state index >= 15 is 0 Å². The summed E-state index contributed by atoms with van der Waals surface area (Å²) in [6, 6.07) is 2.63. The molecule has 13 heteroatoms. The molecule has 0 saturated carbocycles. The number of nitrogens with two attached hydrogens (primary N) is 1. The second kappa shape index (κ2) is 14.8. The molecular weight excluding hydrogens is 468 g/mol. The molecule has 34 heavy (non-hydrogen) atoms. The van der Waals surface area contributed by atoms with Gasteiger partial charge in [-0.05, 0) is 49.0 Å². The van der Waals surface area contributed by atoms with Crippen LogP contribution < -0.4 is 21.7 Å². The highest BCUT2D eigenvalue weighted by Gasteiger charge is 2.28. The summed E-state index contributed by atoms with van der Waals surface area (Å²) >= 11 is 1.41. The van der Waals surface area contributed by atoms with E-state index in [1.165, 1.54) is 23.9 Å². The van der Waals surface area contributed by atoms with E-state index in [9.17, 15) is 29.1 Å². The summed E-state index contributed by atoms with van der Waals surface area (Å²) < 4.78 is 0. The number of carbonyl (C=O) groups excluding carboxylic acids is 3. The van der Waals surface area contributed by atoms with Gasteiger partial charge >= 0.3 is 11.9 Å². The molecule has 0 spiro atoms. The summed E-state index contributed by atoms with van der Waals surface area (Å²) in [7, 11) is 0. The first kappa shape index (κ1) is 28.7. The molecule has 0 aromatic heterocycles. The van der Waals surface area contributed by atoms with Crippen LogP contribution in [0.2, 0.25) is 0 Å². The quantitative estimate of drug-likeness (QED) is 0.158. The molecule has 0 bridgehead atoms. The number of hydrogen-bond acceptors (Lipinski definition) is 8. The van der Waals surface area contributed by atoms with Gasteiger partial charge in [-0.1, -0.05) is 12.1 Å². The van der Waals surface area contributed by atoms with Gasteiger partial charge in [-0.3, -0.25) is 24.0 Å². The van der Waals surface area contributed by atoms with Crippen molar-refractivity contribution in [2.24, 2.45) is 5.73 Å². The molecule has 0 heterocycles. The van der Waals surface area contributed by atoms with Gasteiger partial charge in [-0.25, -0.2) is 0 Å². The number of aliphatic carboxylic acids is 2. The topological polar surface area (TPSA) is 208 Å². The van der Waals surface area contributed by atoms with Crippen molar-refractivity contribution in [2.45, 2.75) is 43.8 Å². The van der Waals surface area contributed by atoms with Crippen LogP contribution in [0.1, 0.15) is 24.8 Å². The predicted octanol–water partition coefficient (Wildman–Crippen LogP) is -0.950. The molecular formula is C21H30N4O8S. The van der Waals surface area contributed by atoms with Gasteiger partial charge in [0, 0.05) is 6.42 Å². The van der Waals surface area contributed by atoms with Crippen molar-refractivity contribution >= 4 is 41.4 Å². The number of phenols is 1. The summed E-state index contributed by atoms with van der Waals surface area (Å²) in [6.07, 6.45) is 1.42. The number of carboxylic acids is 2. The smallest absolute Gasteiger partial charge is 0.322 e. The number of benzene rings is 1. The predicted molar refractivity (Wildman–Crippen MR) is 124 cm³/mol. The van der Waals surface area contributed by atoms with Gasteiger partial charge in [0.1, 0.15) is 24.4 Å². The maximum absolute atomic E-state index is 12.8. The third-order valence-electron chi connectivity index (χ3n) is 4.67. The molecule has 3 amide bonds. The lowest BCUT2D eigenvalue weighted by atomic mass is 10.0. The van der Waals surface area contributed by atoms with Gasteiger partial charge in [-0.2, -0.15) is 11.8 Å². The second-order valence-electron chi connectivity index (χ2n) is 7.42. The summed E-state index contributed by atoms with van der Waals surface area (Å²) in [6.45, 7) is -0.629. The minimum Gasteiger partial charge on any atom is -0.508 e. The first-order valence-electron chi connectivity index (χ1n) is 10.4.